The van der Waals surface area contributed by atoms with Crippen molar-refractivity contribution in [2.45, 2.75) is 59.5 Å². The zero-order chi connectivity index (χ0) is 15.1. The van der Waals surface area contributed by atoms with Crippen molar-refractivity contribution in [1.82, 2.24) is 0 Å². The summed E-state index contributed by atoms with van der Waals surface area (Å²) in [5.74, 6) is 1.79. The van der Waals surface area contributed by atoms with Gasteiger partial charge in [0.1, 0.15) is 6.10 Å². The minimum absolute atomic E-state index is 0.192. The maximum absolute atomic E-state index is 11.3. The van der Waals surface area contributed by atoms with Crippen molar-refractivity contribution in [3.63, 3.8) is 0 Å². The molecule has 0 aromatic rings. The maximum Gasteiger partial charge on any atom is 0.309 e. The smallest absolute Gasteiger partial charge is 0.309 e. The lowest BCUT2D eigenvalue weighted by Gasteiger charge is -2.37. The third-order valence-electron chi connectivity index (χ3n) is 3.96. The third kappa shape index (κ3) is 6.02. The number of hydrogen-bond acceptors (Lipinski definition) is 3. The second-order valence-electron chi connectivity index (χ2n) is 6.00. The number of esters is 1. The Balaban J connectivity index is 2.54. The monoisotopic (exact) mass is 394 g/mol. The van der Waals surface area contributed by atoms with Crippen LogP contribution in [0.15, 0.2) is 9.84 Å². The van der Waals surface area contributed by atoms with E-state index in [0.29, 0.717) is 24.9 Å². The standard InChI is InChI=1S/C16H27IO3/c1-5-19-16(18)9-8-15(17)20-14-10-12(4)6-7-13(14)11(2)3/h8,11-14H,5-7,9-10H2,1-4H3/b15-8-. The van der Waals surface area contributed by atoms with Crippen molar-refractivity contribution < 1.29 is 14.3 Å². The summed E-state index contributed by atoms with van der Waals surface area (Å²) in [5.41, 5.74) is 0. The van der Waals surface area contributed by atoms with Gasteiger partial charge in [0.15, 0.2) is 3.77 Å². The van der Waals surface area contributed by atoms with E-state index >= 15 is 0 Å². The molecule has 1 fully saturated rings. The van der Waals surface area contributed by atoms with E-state index in [0.717, 1.165) is 16.1 Å². The zero-order valence-corrected chi connectivity index (χ0v) is 15.2. The van der Waals surface area contributed by atoms with Gasteiger partial charge in [-0.2, -0.15) is 0 Å². The van der Waals surface area contributed by atoms with E-state index in [2.05, 4.69) is 43.4 Å². The normalized spacial score (nSPS) is 27.5. The van der Waals surface area contributed by atoms with Crippen LogP contribution in [0.5, 0.6) is 0 Å². The summed E-state index contributed by atoms with van der Waals surface area (Å²) in [4.78, 5) is 11.3. The lowest BCUT2D eigenvalue weighted by atomic mass is 9.75. The van der Waals surface area contributed by atoms with E-state index in [1.165, 1.54) is 12.8 Å². The first kappa shape index (κ1) is 17.8. The van der Waals surface area contributed by atoms with Crippen LogP contribution in [0.2, 0.25) is 0 Å². The van der Waals surface area contributed by atoms with Crippen LogP contribution in [0.3, 0.4) is 0 Å². The molecule has 1 rings (SSSR count). The summed E-state index contributed by atoms with van der Waals surface area (Å²) in [7, 11) is 0. The van der Waals surface area contributed by atoms with Crippen molar-refractivity contribution in [2.75, 3.05) is 6.61 Å². The van der Waals surface area contributed by atoms with Gasteiger partial charge < -0.3 is 9.47 Å². The molecule has 1 aliphatic carbocycles. The summed E-state index contributed by atoms with van der Waals surface area (Å²) in [6, 6.07) is 0. The Labute approximate surface area is 136 Å². The highest BCUT2D eigenvalue weighted by Gasteiger charge is 2.32. The predicted molar refractivity (Wildman–Crippen MR) is 89.6 cm³/mol. The molecule has 116 valence electrons. The van der Waals surface area contributed by atoms with E-state index in [1.54, 1.807) is 0 Å². The summed E-state index contributed by atoms with van der Waals surface area (Å²) in [6.07, 6.45) is 6.06. The van der Waals surface area contributed by atoms with Crippen LogP contribution in [0.1, 0.15) is 53.4 Å². The fraction of sp³-hybridized carbons (Fsp3) is 0.812. The molecule has 3 unspecified atom stereocenters. The number of rotatable bonds is 6. The summed E-state index contributed by atoms with van der Waals surface area (Å²) >= 11 is 2.18. The fourth-order valence-electron chi connectivity index (χ4n) is 2.83. The van der Waals surface area contributed by atoms with Crippen LogP contribution >= 0.6 is 22.6 Å². The highest BCUT2D eigenvalue weighted by atomic mass is 127. The van der Waals surface area contributed by atoms with Gasteiger partial charge in [-0.3, -0.25) is 4.79 Å². The first-order valence-electron chi connectivity index (χ1n) is 7.62. The third-order valence-corrected chi connectivity index (χ3v) is 4.65. The Kier molecular flexibility index (Phi) is 7.92. The quantitative estimate of drug-likeness (QED) is 0.372. The lowest BCUT2D eigenvalue weighted by molar-refractivity contribution is -0.142. The molecule has 0 aliphatic heterocycles. The summed E-state index contributed by atoms with van der Waals surface area (Å²) in [5, 5.41) is 0. The highest BCUT2D eigenvalue weighted by Crippen LogP contribution is 2.37. The van der Waals surface area contributed by atoms with Crippen LogP contribution in [0.4, 0.5) is 0 Å². The molecule has 0 aromatic heterocycles. The molecular weight excluding hydrogens is 367 g/mol. The molecule has 0 heterocycles. The summed E-state index contributed by atoms with van der Waals surface area (Å²) in [6.45, 7) is 9.08. The molecule has 1 saturated carbocycles. The maximum atomic E-state index is 11.3. The van der Waals surface area contributed by atoms with Gasteiger partial charge in [0.05, 0.1) is 13.0 Å². The number of carbonyl (C=O) groups excluding carboxylic acids is 1. The minimum Gasteiger partial charge on any atom is -0.485 e. The first-order valence-corrected chi connectivity index (χ1v) is 8.69. The van der Waals surface area contributed by atoms with E-state index in [-0.39, 0.29) is 12.1 Å². The largest absolute Gasteiger partial charge is 0.485 e. The molecule has 20 heavy (non-hydrogen) atoms. The van der Waals surface area contributed by atoms with Crippen molar-refractivity contribution in [2.24, 2.45) is 17.8 Å². The van der Waals surface area contributed by atoms with Crippen LogP contribution in [0, 0.1) is 17.8 Å². The highest BCUT2D eigenvalue weighted by molar-refractivity contribution is 14.1. The predicted octanol–water partition coefficient (Wildman–Crippen LogP) is 4.69. The molecular formula is C16H27IO3. The SMILES string of the molecule is CCOC(=O)C/C=C(/I)OC1CC(C)CCC1C(C)C. The molecule has 1 aliphatic rings. The Morgan fingerprint density at radius 1 is 1.40 bits per heavy atom. The molecule has 0 aromatic carbocycles. The van der Waals surface area contributed by atoms with Crippen molar-refractivity contribution in [1.29, 1.82) is 0 Å². The zero-order valence-electron chi connectivity index (χ0n) is 13.0. The average molecular weight is 394 g/mol. The molecule has 3 atom stereocenters. The second kappa shape index (κ2) is 8.90. The van der Waals surface area contributed by atoms with Crippen molar-refractivity contribution >= 4 is 28.6 Å². The number of ether oxygens (including phenoxy) is 2. The van der Waals surface area contributed by atoms with Gasteiger partial charge in [-0.05, 0) is 66.2 Å². The van der Waals surface area contributed by atoms with Gasteiger partial charge in [-0.25, -0.2) is 0 Å². The van der Waals surface area contributed by atoms with Gasteiger partial charge in [-0.1, -0.05) is 27.2 Å². The van der Waals surface area contributed by atoms with Gasteiger partial charge in [0.2, 0.25) is 0 Å². The Morgan fingerprint density at radius 3 is 2.70 bits per heavy atom. The number of carbonyl (C=O) groups is 1. The minimum atomic E-state index is -0.192. The van der Waals surface area contributed by atoms with Gasteiger partial charge in [0, 0.05) is 0 Å². The van der Waals surface area contributed by atoms with Crippen LogP contribution in [0.25, 0.3) is 0 Å². The molecule has 3 nitrogen and oxygen atoms in total. The molecule has 0 N–H and O–H groups in total. The Morgan fingerprint density at radius 2 is 2.10 bits per heavy atom. The number of hydrogen-bond donors (Lipinski definition) is 0. The average Bonchev–Trinajstić information content (AvgIpc) is 2.36. The van der Waals surface area contributed by atoms with Crippen LogP contribution in [-0.2, 0) is 14.3 Å². The summed E-state index contributed by atoms with van der Waals surface area (Å²) < 4.78 is 11.8. The van der Waals surface area contributed by atoms with Crippen LogP contribution < -0.4 is 0 Å². The van der Waals surface area contributed by atoms with Crippen molar-refractivity contribution in [3.05, 3.63) is 9.84 Å². The number of halogens is 1. The molecule has 0 saturated heterocycles. The molecule has 0 amide bonds. The van der Waals surface area contributed by atoms with E-state index in [9.17, 15) is 4.79 Å². The fourth-order valence-corrected chi connectivity index (χ4v) is 3.37. The second-order valence-corrected chi connectivity index (χ2v) is 7.06. The van der Waals surface area contributed by atoms with Gasteiger partial charge in [0.25, 0.3) is 0 Å². The Bertz CT molecular complexity index is 339. The first-order chi connectivity index (χ1) is 9.43. The molecule has 0 radical (unpaired) electrons. The molecule has 0 bridgehead atoms. The van der Waals surface area contributed by atoms with E-state index < -0.39 is 0 Å². The lowest BCUT2D eigenvalue weighted by Crippen LogP contribution is -2.33. The topological polar surface area (TPSA) is 35.5 Å². The van der Waals surface area contributed by atoms with Crippen LogP contribution in [-0.4, -0.2) is 18.7 Å². The molecule has 0 spiro atoms. The van der Waals surface area contributed by atoms with Gasteiger partial charge in [-0.15, -0.1) is 0 Å². The Hall–Kier alpha value is -0.260. The van der Waals surface area contributed by atoms with Crippen molar-refractivity contribution in [3.8, 4) is 0 Å². The van der Waals surface area contributed by atoms with E-state index in [1.807, 2.05) is 13.0 Å². The molecule has 4 heteroatoms. The van der Waals surface area contributed by atoms with Gasteiger partial charge >= 0.3 is 5.97 Å². The van der Waals surface area contributed by atoms with E-state index in [4.69, 9.17) is 9.47 Å².